The SMILES string of the molecule is Nc1cnc2n[nH]c(=O)n2c1. The molecule has 2 aromatic rings. The van der Waals surface area contributed by atoms with Crippen molar-refractivity contribution in [1.82, 2.24) is 19.6 Å². The molecule has 0 aliphatic heterocycles. The van der Waals surface area contributed by atoms with Crippen LogP contribution in [0.5, 0.6) is 0 Å². The highest BCUT2D eigenvalue weighted by Gasteiger charge is 1.98. The average molecular weight is 151 g/mol. The van der Waals surface area contributed by atoms with E-state index in [1.807, 2.05) is 0 Å². The third kappa shape index (κ3) is 0.759. The quantitative estimate of drug-likeness (QED) is 0.505. The second-order valence-electron chi connectivity index (χ2n) is 2.09. The second kappa shape index (κ2) is 1.82. The summed E-state index contributed by atoms with van der Waals surface area (Å²) < 4.78 is 1.25. The maximum absolute atomic E-state index is 10.9. The molecule has 0 aliphatic carbocycles. The molecule has 0 unspecified atom stereocenters. The minimum absolute atomic E-state index is 0.323. The Hall–Kier alpha value is -1.85. The minimum atomic E-state index is -0.334. The molecule has 0 aliphatic rings. The first-order valence-electron chi connectivity index (χ1n) is 2.95. The number of nitrogens with zero attached hydrogens (tertiary/aromatic N) is 3. The molecule has 0 amide bonds. The van der Waals surface area contributed by atoms with Gasteiger partial charge in [0.15, 0.2) is 0 Å². The van der Waals surface area contributed by atoms with Crippen molar-refractivity contribution in [2.75, 3.05) is 5.73 Å². The summed E-state index contributed by atoms with van der Waals surface area (Å²) in [6.07, 6.45) is 2.91. The van der Waals surface area contributed by atoms with Crippen LogP contribution in [0.25, 0.3) is 5.78 Å². The first kappa shape index (κ1) is 5.90. The van der Waals surface area contributed by atoms with Gasteiger partial charge in [0, 0.05) is 6.20 Å². The number of H-pyrrole nitrogens is 1. The lowest BCUT2D eigenvalue weighted by Gasteiger charge is -1.90. The lowest BCUT2D eigenvalue weighted by Crippen LogP contribution is -2.09. The predicted molar refractivity (Wildman–Crippen MR) is 38.0 cm³/mol. The van der Waals surface area contributed by atoms with E-state index in [-0.39, 0.29) is 5.69 Å². The van der Waals surface area contributed by atoms with Gasteiger partial charge in [0.1, 0.15) is 0 Å². The van der Waals surface area contributed by atoms with Crippen molar-refractivity contribution in [1.29, 1.82) is 0 Å². The highest BCUT2D eigenvalue weighted by Crippen LogP contribution is 1.96. The second-order valence-corrected chi connectivity index (χ2v) is 2.09. The molecule has 3 N–H and O–H groups in total. The van der Waals surface area contributed by atoms with Crippen molar-refractivity contribution >= 4 is 11.5 Å². The largest absolute Gasteiger partial charge is 0.396 e. The number of nitrogen functional groups attached to an aromatic ring is 1. The summed E-state index contributed by atoms with van der Waals surface area (Å²) in [5.74, 6) is 0.323. The molecule has 56 valence electrons. The van der Waals surface area contributed by atoms with Gasteiger partial charge in [0.05, 0.1) is 11.9 Å². The van der Waals surface area contributed by atoms with E-state index >= 15 is 0 Å². The van der Waals surface area contributed by atoms with Crippen molar-refractivity contribution < 1.29 is 0 Å². The van der Waals surface area contributed by atoms with Crippen molar-refractivity contribution in [2.45, 2.75) is 0 Å². The number of hydrogen-bond donors (Lipinski definition) is 2. The van der Waals surface area contributed by atoms with Gasteiger partial charge in [-0.05, 0) is 0 Å². The molecule has 2 aromatic heterocycles. The highest BCUT2D eigenvalue weighted by molar-refractivity contribution is 5.37. The van der Waals surface area contributed by atoms with E-state index < -0.39 is 0 Å². The Balaban J connectivity index is 2.99. The number of rotatable bonds is 0. The molecule has 2 rings (SSSR count). The van der Waals surface area contributed by atoms with Gasteiger partial charge in [-0.2, -0.15) is 0 Å². The maximum atomic E-state index is 10.9. The van der Waals surface area contributed by atoms with E-state index in [0.29, 0.717) is 11.5 Å². The summed E-state index contributed by atoms with van der Waals surface area (Å²) in [6, 6.07) is 0. The average Bonchev–Trinajstić information content (AvgIpc) is 2.33. The van der Waals surface area contributed by atoms with Crippen molar-refractivity contribution in [3.05, 3.63) is 22.9 Å². The van der Waals surface area contributed by atoms with Crippen LogP contribution in [0.15, 0.2) is 17.2 Å². The molecule has 0 fully saturated rings. The Morgan fingerprint density at radius 1 is 1.64 bits per heavy atom. The number of nitrogens with two attached hydrogens (primary N) is 1. The van der Waals surface area contributed by atoms with Crippen molar-refractivity contribution in [3.63, 3.8) is 0 Å². The van der Waals surface area contributed by atoms with Gasteiger partial charge in [-0.15, -0.1) is 5.10 Å². The molecule has 0 bridgehead atoms. The van der Waals surface area contributed by atoms with Crippen LogP contribution in [0, 0.1) is 0 Å². The maximum Gasteiger partial charge on any atom is 0.349 e. The van der Waals surface area contributed by atoms with Gasteiger partial charge in [0.25, 0.3) is 5.78 Å². The number of aromatic nitrogens is 4. The van der Waals surface area contributed by atoms with Gasteiger partial charge in [-0.1, -0.05) is 0 Å². The van der Waals surface area contributed by atoms with E-state index in [1.165, 1.54) is 16.8 Å². The number of nitrogens with one attached hydrogen (secondary N) is 1. The van der Waals surface area contributed by atoms with E-state index in [0.717, 1.165) is 0 Å². The Kier molecular flexibility index (Phi) is 0.974. The van der Waals surface area contributed by atoms with Crippen molar-refractivity contribution in [3.8, 4) is 0 Å². The van der Waals surface area contributed by atoms with E-state index in [1.54, 1.807) is 0 Å². The van der Waals surface area contributed by atoms with Crippen LogP contribution in [0.1, 0.15) is 0 Å². The molecular formula is C5H5N5O. The number of aromatic amines is 1. The Bertz CT molecular complexity index is 441. The fourth-order valence-electron chi connectivity index (χ4n) is 0.818. The normalized spacial score (nSPS) is 10.5. The van der Waals surface area contributed by atoms with Crippen LogP contribution < -0.4 is 11.4 Å². The molecule has 2 heterocycles. The van der Waals surface area contributed by atoms with Crippen LogP contribution >= 0.6 is 0 Å². The topological polar surface area (TPSA) is 89.1 Å². The summed E-state index contributed by atoms with van der Waals surface area (Å²) >= 11 is 0. The third-order valence-electron chi connectivity index (χ3n) is 1.29. The Morgan fingerprint density at radius 3 is 3.27 bits per heavy atom. The molecule has 0 saturated carbocycles. The molecular weight excluding hydrogens is 146 g/mol. The first-order valence-corrected chi connectivity index (χ1v) is 2.95. The monoisotopic (exact) mass is 151 g/mol. The van der Waals surface area contributed by atoms with Crippen LogP contribution in [0.2, 0.25) is 0 Å². The zero-order valence-electron chi connectivity index (χ0n) is 5.48. The summed E-state index contributed by atoms with van der Waals surface area (Å²) in [5, 5.41) is 5.86. The smallest absolute Gasteiger partial charge is 0.349 e. The van der Waals surface area contributed by atoms with Gasteiger partial charge in [-0.3, -0.25) is 0 Å². The zero-order chi connectivity index (χ0) is 7.84. The molecule has 0 spiro atoms. The zero-order valence-corrected chi connectivity index (χ0v) is 5.48. The van der Waals surface area contributed by atoms with E-state index in [9.17, 15) is 4.79 Å². The van der Waals surface area contributed by atoms with E-state index in [2.05, 4.69) is 15.2 Å². The fraction of sp³-hybridized carbons (Fsp3) is 0. The molecule has 6 nitrogen and oxygen atoms in total. The molecule has 0 saturated heterocycles. The lowest BCUT2D eigenvalue weighted by atomic mass is 10.6. The number of anilines is 1. The molecule has 0 radical (unpaired) electrons. The molecule has 0 aromatic carbocycles. The van der Waals surface area contributed by atoms with Gasteiger partial charge >= 0.3 is 5.69 Å². The van der Waals surface area contributed by atoms with Gasteiger partial charge in [-0.25, -0.2) is 19.3 Å². The van der Waals surface area contributed by atoms with Gasteiger partial charge < -0.3 is 5.73 Å². The van der Waals surface area contributed by atoms with Crippen LogP contribution in [-0.2, 0) is 0 Å². The fourth-order valence-corrected chi connectivity index (χ4v) is 0.818. The molecule has 6 heteroatoms. The molecule has 11 heavy (non-hydrogen) atoms. The number of hydrogen-bond acceptors (Lipinski definition) is 4. The summed E-state index contributed by atoms with van der Waals surface area (Å²) in [5.41, 5.74) is 5.49. The number of fused-ring (bicyclic) bond motifs is 1. The summed E-state index contributed by atoms with van der Waals surface area (Å²) in [4.78, 5) is 14.7. The highest BCUT2D eigenvalue weighted by atomic mass is 16.1. The standard InChI is InChI=1S/C5H5N5O/c6-3-1-7-4-8-9-5(11)10(4)2-3/h1-2H,6H2,(H,9,11). The minimum Gasteiger partial charge on any atom is -0.396 e. The van der Waals surface area contributed by atoms with Crippen LogP contribution in [0.4, 0.5) is 5.69 Å². The summed E-state index contributed by atoms with van der Waals surface area (Å²) in [7, 11) is 0. The molecule has 0 atom stereocenters. The Labute approximate surface area is 60.7 Å². The van der Waals surface area contributed by atoms with Gasteiger partial charge in [0.2, 0.25) is 0 Å². The third-order valence-corrected chi connectivity index (χ3v) is 1.29. The van der Waals surface area contributed by atoms with E-state index in [4.69, 9.17) is 5.73 Å². The van der Waals surface area contributed by atoms with Crippen LogP contribution in [-0.4, -0.2) is 19.6 Å². The first-order chi connectivity index (χ1) is 5.27. The lowest BCUT2D eigenvalue weighted by molar-refractivity contribution is 1.02. The van der Waals surface area contributed by atoms with Crippen molar-refractivity contribution in [2.24, 2.45) is 0 Å². The summed E-state index contributed by atoms with van der Waals surface area (Å²) in [6.45, 7) is 0. The predicted octanol–water partition coefficient (Wildman–Crippen LogP) is -1.00. The Morgan fingerprint density at radius 2 is 2.45 bits per heavy atom. The van der Waals surface area contributed by atoms with Crippen LogP contribution in [0.3, 0.4) is 0 Å².